The van der Waals surface area contributed by atoms with Gasteiger partial charge in [0.15, 0.2) is 0 Å². The lowest BCUT2D eigenvalue weighted by Crippen LogP contribution is -1.96. The Morgan fingerprint density at radius 3 is 2.56 bits per heavy atom. The second-order valence-electron chi connectivity index (χ2n) is 3.48. The van der Waals surface area contributed by atoms with E-state index in [-0.39, 0.29) is 5.97 Å². The SMILES string of the molecule is COC(=O)C/C=C/C=C/c1ccc(C)cc1. The highest BCUT2D eigenvalue weighted by Crippen LogP contribution is 2.04. The predicted octanol–water partition coefficient (Wildman–Crippen LogP) is 3.13. The molecule has 1 aromatic rings. The molecule has 0 atom stereocenters. The molecule has 0 spiro atoms. The van der Waals surface area contributed by atoms with Crippen LogP contribution in [-0.2, 0) is 9.53 Å². The molecule has 0 bridgehead atoms. The van der Waals surface area contributed by atoms with E-state index in [0.717, 1.165) is 5.56 Å². The monoisotopic (exact) mass is 216 g/mol. The molecule has 0 saturated carbocycles. The first-order valence-corrected chi connectivity index (χ1v) is 5.19. The van der Waals surface area contributed by atoms with E-state index in [1.165, 1.54) is 12.7 Å². The van der Waals surface area contributed by atoms with Gasteiger partial charge in [-0.1, -0.05) is 54.1 Å². The third-order valence-corrected chi connectivity index (χ3v) is 2.13. The maximum atomic E-state index is 10.8. The molecule has 84 valence electrons. The molecule has 0 fully saturated rings. The molecule has 0 radical (unpaired) electrons. The molecule has 0 amide bonds. The minimum Gasteiger partial charge on any atom is -0.469 e. The van der Waals surface area contributed by atoms with E-state index in [4.69, 9.17) is 0 Å². The summed E-state index contributed by atoms with van der Waals surface area (Å²) in [5.41, 5.74) is 2.40. The number of rotatable bonds is 4. The Hall–Kier alpha value is -1.83. The van der Waals surface area contributed by atoms with E-state index in [1.54, 1.807) is 6.08 Å². The first kappa shape index (κ1) is 12.2. The molecule has 0 unspecified atom stereocenters. The maximum absolute atomic E-state index is 10.8. The van der Waals surface area contributed by atoms with Crippen LogP contribution in [0.2, 0.25) is 0 Å². The van der Waals surface area contributed by atoms with E-state index in [2.05, 4.69) is 35.9 Å². The number of benzene rings is 1. The van der Waals surface area contributed by atoms with E-state index >= 15 is 0 Å². The van der Waals surface area contributed by atoms with Crippen LogP contribution in [-0.4, -0.2) is 13.1 Å². The molecule has 1 rings (SSSR count). The van der Waals surface area contributed by atoms with Crippen molar-refractivity contribution < 1.29 is 9.53 Å². The fraction of sp³-hybridized carbons (Fsp3) is 0.214. The summed E-state index contributed by atoms with van der Waals surface area (Å²) in [5.74, 6) is -0.222. The van der Waals surface area contributed by atoms with Gasteiger partial charge in [-0.3, -0.25) is 4.79 Å². The van der Waals surface area contributed by atoms with Crippen molar-refractivity contribution in [3.63, 3.8) is 0 Å². The number of hydrogen-bond acceptors (Lipinski definition) is 2. The Bertz CT molecular complexity index is 386. The van der Waals surface area contributed by atoms with Crippen molar-refractivity contribution in [2.24, 2.45) is 0 Å². The van der Waals surface area contributed by atoms with Gasteiger partial charge in [0.1, 0.15) is 0 Å². The van der Waals surface area contributed by atoms with E-state index < -0.39 is 0 Å². The smallest absolute Gasteiger partial charge is 0.309 e. The Kier molecular flexibility index (Phi) is 5.06. The predicted molar refractivity (Wildman–Crippen MR) is 66.0 cm³/mol. The molecule has 1 aromatic carbocycles. The number of allylic oxidation sites excluding steroid dienone is 2. The highest BCUT2D eigenvalue weighted by atomic mass is 16.5. The molecule has 0 aromatic heterocycles. The van der Waals surface area contributed by atoms with Gasteiger partial charge in [-0.15, -0.1) is 0 Å². The summed E-state index contributed by atoms with van der Waals surface area (Å²) in [4.78, 5) is 10.8. The molecule has 2 heteroatoms. The van der Waals surface area contributed by atoms with Gasteiger partial charge in [-0.05, 0) is 12.5 Å². The van der Waals surface area contributed by atoms with Crippen LogP contribution in [0.15, 0.2) is 42.5 Å². The van der Waals surface area contributed by atoms with Crippen molar-refractivity contribution in [2.45, 2.75) is 13.3 Å². The summed E-state index contributed by atoms with van der Waals surface area (Å²) in [6, 6.07) is 8.25. The minimum absolute atomic E-state index is 0.222. The molecular formula is C14H16O2. The number of esters is 1. The number of aryl methyl sites for hydroxylation is 1. The zero-order valence-electron chi connectivity index (χ0n) is 9.64. The van der Waals surface area contributed by atoms with Gasteiger partial charge >= 0.3 is 5.97 Å². The van der Waals surface area contributed by atoms with Crippen molar-refractivity contribution in [2.75, 3.05) is 7.11 Å². The average Bonchev–Trinajstić information content (AvgIpc) is 2.31. The number of ether oxygens (including phenoxy) is 1. The fourth-order valence-electron chi connectivity index (χ4n) is 1.17. The first-order valence-electron chi connectivity index (χ1n) is 5.19. The van der Waals surface area contributed by atoms with Gasteiger partial charge in [0.25, 0.3) is 0 Å². The maximum Gasteiger partial charge on any atom is 0.309 e. The quantitative estimate of drug-likeness (QED) is 0.571. The number of carbonyl (C=O) groups excluding carboxylic acids is 1. The Morgan fingerprint density at radius 2 is 1.94 bits per heavy atom. The second-order valence-corrected chi connectivity index (χ2v) is 3.48. The molecule has 0 aliphatic carbocycles. The van der Waals surface area contributed by atoms with E-state index in [9.17, 15) is 4.79 Å². The highest BCUT2D eigenvalue weighted by molar-refractivity contribution is 5.71. The lowest BCUT2D eigenvalue weighted by atomic mass is 10.1. The van der Waals surface area contributed by atoms with Gasteiger partial charge in [0.2, 0.25) is 0 Å². The first-order chi connectivity index (χ1) is 7.72. The second kappa shape index (κ2) is 6.62. The van der Waals surface area contributed by atoms with Crippen molar-refractivity contribution in [3.05, 3.63) is 53.6 Å². The van der Waals surface area contributed by atoms with Crippen LogP contribution in [0.4, 0.5) is 0 Å². The molecule has 0 N–H and O–H groups in total. The molecule has 0 aliphatic rings. The fourth-order valence-corrected chi connectivity index (χ4v) is 1.17. The summed E-state index contributed by atoms with van der Waals surface area (Å²) in [5, 5.41) is 0. The van der Waals surface area contributed by atoms with Crippen molar-refractivity contribution in [3.8, 4) is 0 Å². The lowest BCUT2D eigenvalue weighted by Gasteiger charge is -1.93. The van der Waals surface area contributed by atoms with E-state index in [1.807, 2.05) is 18.2 Å². The van der Waals surface area contributed by atoms with Crippen LogP contribution in [0.25, 0.3) is 6.08 Å². The van der Waals surface area contributed by atoms with Crippen molar-refractivity contribution in [1.29, 1.82) is 0 Å². The number of carbonyl (C=O) groups is 1. The number of methoxy groups -OCH3 is 1. The highest BCUT2D eigenvalue weighted by Gasteiger charge is 1.92. The topological polar surface area (TPSA) is 26.3 Å². The Morgan fingerprint density at radius 1 is 1.25 bits per heavy atom. The Balaban J connectivity index is 2.42. The molecule has 16 heavy (non-hydrogen) atoms. The standard InChI is InChI=1S/C14H16O2/c1-12-8-10-13(11-9-12)6-4-3-5-7-14(15)16-2/h3-6,8-11H,7H2,1-2H3/b5-3+,6-4+. The zero-order chi connectivity index (χ0) is 11.8. The summed E-state index contributed by atoms with van der Waals surface area (Å²) in [6.45, 7) is 2.06. The van der Waals surface area contributed by atoms with Crippen molar-refractivity contribution >= 4 is 12.0 Å². The molecule has 0 heterocycles. The lowest BCUT2D eigenvalue weighted by molar-refractivity contribution is -0.139. The minimum atomic E-state index is -0.222. The van der Waals surface area contributed by atoms with Crippen molar-refractivity contribution in [1.82, 2.24) is 0 Å². The summed E-state index contributed by atoms with van der Waals surface area (Å²) < 4.78 is 4.51. The van der Waals surface area contributed by atoms with Crippen LogP contribution < -0.4 is 0 Å². The van der Waals surface area contributed by atoms with Crippen LogP contribution in [0.3, 0.4) is 0 Å². The molecule has 0 aliphatic heterocycles. The third kappa shape index (κ3) is 4.60. The molecular weight excluding hydrogens is 200 g/mol. The zero-order valence-corrected chi connectivity index (χ0v) is 9.64. The average molecular weight is 216 g/mol. The summed E-state index contributed by atoms with van der Waals surface area (Å²) in [7, 11) is 1.39. The van der Waals surface area contributed by atoms with Crippen LogP contribution in [0, 0.1) is 6.92 Å². The molecule has 2 nitrogen and oxygen atoms in total. The van der Waals surface area contributed by atoms with Gasteiger partial charge in [0.05, 0.1) is 13.5 Å². The van der Waals surface area contributed by atoms with Crippen LogP contribution in [0.5, 0.6) is 0 Å². The molecule has 0 saturated heterocycles. The summed E-state index contributed by atoms with van der Waals surface area (Å²) in [6.07, 6.45) is 7.84. The van der Waals surface area contributed by atoms with Gasteiger partial charge in [0, 0.05) is 0 Å². The van der Waals surface area contributed by atoms with Gasteiger partial charge in [-0.2, -0.15) is 0 Å². The summed E-state index contributed by atoms with van der Waals surface area (Å²) >= 11 is 0. The Labute approximate surface area is 96.2 Å². The largest absolute Gasteiger partial charge is 0.469 e. The van der Waals surface area contributed by atoms with Crippen LogP contribution >= 0.6 is 0 Å². The van der Waals surface area contributed by atoms with Crippen LogP contribution in [0.1, 0.15) is 17.5 Å². The van der Waals surface area contributed by atoms with E-state index in [0.29, 0.717) is 6.42 Å². The van der Waals surface area contributed by atoms with Gasteiger partial charge in [-0.25, -0.2) is 0 Å². The number of hydrogen-bond donors (Lipinski definition) is 0. The third-order valence-electron chi connectivity index (χ3n) is 2.13. The normalized spacial score (nSPS) is 11.1. The van der Waals surface area contributed by atoms with Gasteiger partial charge < -0.3 is 4.74 Å².